The lowest BCUT2D eigenvalue weighted by atomic mass is 10.4. The Hall–Kier alpha value is -1.41. The van der Waals surface area contributed by atoms with Gasteiger partial charge in [-0.3, -0.25) is 10.1 Å². The van der Waals surface area contributed by atoms with Gasteiger partial charge in [-0.05, 0) is 0 Å². The van der Waals surface area contributed by atoms with Gasteiger partial charge in [-0.2, -0.15) is 4.98 Å². The monoisotopic (exact) mass is 242 g/mol. The van der Waals surface area contributed by atoms with E-state index in [1.807, 2.05) is 0 Å². The summed E-state index contributed by atoms with van der Waals surface area (Å²) in [6.07, 6.45) is 1.22. The van der Waals surface area contributed by atoms with Crippen molar-refractivity contribution >= 4 is 23.4 Å². The molecule has 1 N–H and O–H groups in total. The van der Waals surface area contributed by atoms with Crippen molar-refractivity contribution in [2.75, 3.05) is 25.6 Å². The van der Waals surface area contributed by atoms with Crippen molar-refractivity contribution in [3.8, 4) is 0 Å². The molecule has 1 aromatic heterocycles. The van der Waals surface area contributed by atoms with Gasteiger partial charge in [0.2, 0.25) is 5.95 Å². The molecule has 1 saturated heterocycles. The zero-order valence-electron chi connectivity index (χ0n) is 8.54. The molecule has 8 heteroatoms. The van der Waals surface area contributed by atoms with Gasteiger partial charge >= 0.3 is 5.69 Å². The maximum Gasteiger partial charge on any atom is 0.319 e. The van der Waals surface area contributed by atoms with Crippen molar-refractivity contribution in [2.24, 2.45) is 0 Å². The van der Waals surface area contributed by atoms with E-state index in [4.69, 9.17) is 4.74 Å². The van der Waals surface area contributed by atoms with Crippen molar-refractivity contribution in [1.82, 2.24) is 9.97 Å². The minimum atomic E-state index is -0.471. The second-order valence-corrected chi connectivity index (χ2v) is 4.46. The summed E-state index contributed by atoms with van der Waals surface area (Å²) in [6.45, 7) is 1.22. The first-order valence-corrected chi connectivity index (χ1v) is 5.52. The third-order valence-corrected chi connectivity index (χ3v) is 3.17. The first-order valence-electron chi connectivity index (χ1n) is 4.64. The topological polar surface area (TPSA) is 90.2 Å². The molecule has 86 valence electrons. The number of nitro groups is 1. The minimum Gasteiger partial charge on any atom is -0.379 e. The average Bonchev–Trinajstić information content (AvgIpc) is 2.22. The van der Waals surface area contributed by atoms with Crippen LogP contribution >= 0.6 is 11.8 Å². The van der Waals surface area contributed by atoms with E-state index in [-0.39, 0.29) is 10.9 Å². The van der Waals surface area contributed by atoms with Crippen LogP contribution in [0, 0.1) is 10.1 Å². The number of nitrogens with zero attached hydrogens (tertiary/aromatic N) is 3. The molecule has 2 rings (SSSR count). The smallest absolute Gasteiger partial charge is 0.319 e. The Morgan fingerprint density at radius 3 is 2.94 bits per heavy atom. The number of aromatic nitrogens is 2. The molecule has 0 saturated carbocycles. The number of thioether (sulfide) groups is 1. The fourth-order valence-corrected chi connectivity index (χ4v) is 2.16. The molecule has 2 heterocycles. The number of anilines is 1. The highest BCUT2D eigenvalue weighted by Crippen LogP contribution is 2.33. The Balaban J connectivity index is 2.25. The summed E-state index contributed by atoms with van der Waals surface area (Å²) >= 11 is 1.36. The lowest BCUT2D eigenvalue weighted by Gasteiger charge is -2.24. The van der Waals surface area contributed by atoms with Gasteiger partial charge in [0.15, 0.2) is 5.03 Å². The molecule has 0 amide bonds. The minimum absolute atomic E-state index is 0.0594. The van der Waals surface area contributed by atoms with E-state index < -0.39 is 4.92 Å². The molecule has 0 spiro atoms. The molecule has 0 aliphatic carbocycles. The lowest BCUT2D eigenvalue weighted by Crippen LogP contribution is -2.30. The van der Waals surface area contributed by atoms with Gasteiger partial charge in [0.25, 0.3) is 0 Å². The summed E-state index contributed by atoms with van der Waals surface area (Å²) in [5, 5.41) is 14.2. The largest absolute Gasteiger partial charge is 0.379 e. The molecule has 0 aromatic carbocycles. The quantitative estimate of drug-likeness (QED) is 0.477. The number of nitrogens with one attached hydrogen (secondary N) is 1. The molecule has 0 atom stereocenters. The van der Waals surface area contributed by atoms with Gasteiger partial charge in [-0.1, -0.05) is 11.8 Å². The second-order valence-electron chi connectivity index (χ2n) is 3.17. The third-order valence-electron chi connectivity index (χ3n) is 2.04. The third kappa shape index (κ3) is 2.22. The van der Waals surface area contributed by atoms with Crippen LogP contribution in [0.15, 0.2) is 11.2 Å². The van der Waals surface area contributed by atoms with E-state index in [0.29, 0.717) is 24.2 Å². The highest BCUT2D eigenvalue weighted by molar-refractivity contribution is 8.00. The van der Waals surface area contributed by atoms with Gasteiger partial charge in [0.1, 0.15) is 6.20 Å². The Labute approximate surface area is 95.8 Å². The van der Waals surface area contributed by atoms with E-state index >= 15 is 0 Å². The maximum atomic E-state index is 10.8. The van der Waals surface area contributed by atoms with Gasteiger partial charge in [-0.25, -0.2) is 4.98 Å². The standard InChI is InChI=1S/C8H10N4O3S/c1-9-8-10-2-6(12(13)14)7(11-8)16-5-3-15-4-5/h2,5H,3-4H2,1H3,(H,9,10,11). The molecular formula is C8H10N4O3S. The molecule has 0 bridgehead atoms. The highest BCUT2D eigenvalue weighted by atomic mass is 32.2. The number of rotatable bonds is 4. The van der Waals surface area contributed by atoms with E-state index in [9.17, 15) is 10.1 Å². The van der Waals surface area contributed by atoms with Gasteiger partial charge in [-0.15, -0.1) is 0 Å². The molecule has 16 heavy (non-hydrogen) atoms. The Morgan fingerprint density at radius 1 is 1.69 bits per heavy atom. The fourth-order valence-electron chi connectivity index (χ4n) is 1.13. The second kappa shape index (κ2) is 4.62. The number of ether oxygens (including phenoxy) is 1. The summed E-state index contributed by atoms with van der Waals surface area (Å²) in [7, 11) is 1.67. The summed E-state index contributed by atoms with van der Waals surface area (Å²) in [6, 6.07) is 0. The van der Waals surface area contributed by atoms with Crippen LogP contribution in [-0.2, 0) is 4.74 Å². The van der Waals surface area contributed by atoms with E-state index in [1.165, 1.54) is 18.0 Å². The lowest BCUT2D eigenvalue weighted by molar-refractivity contribution is -0.388. The van der Waals surface area contributed by atoms with Crippen LogP contribution in [-0.4, -0.2) is 40.4 Å². The first kappa shape index (κ1) is 11.1. The van der Waals surface area contributed by atoms with E-state index in [0.717, 1.165) is 0 Å². The van der Waals surface area contributed by atoms with Crippen LogP contribution in [0.25, 0.3) is 0 Å². The molecule has 0 unspecified atom stereocenters. The SMILES string of the molecule is CNc1ncc([N+](=O)[O-])c(SC2COC2)n1. The van der Waals surface area contributed by atoms with E-state index in [1.54, 1.807) is 7.05 Å². The van der Waals surface area contributed by atoms with Crippen molar-refractivity contribution in [2.45, 2.75) is 10.3 Å². The number of hydrogen-bond donors (Lipinski definition) is 1. The Kier molecular flexibility index (Phi) is 3.20. The molecule has 0 radical (unpaired) electrons. The van der Waals surface area contributed by atoms with Crippen LogP contribution in [0.1, 0.15) is 0 Å². The van der Waals surface area contributed by atoms with E-state index in [2.05, 4.69) is 15.3 Å². The Bertz CT molecular complexity index is 410. The molecule has 1 aromatic rings. The van der Waals surface area contributed by atoms with Gasteiger partial charge in [0.05, 0.1) is 23.4 Å². The molecule has 1 fully saturated rings. The Morgan fingerprint density at radius 2 is 2.44 bits per heavy atom. The summed E-state index contributed by atoms with van der Waals surface area (Å²) in [5.41, 5.74) is -0.0594. The van der Waals surface area contributed by atoms with Crippen LogP contribution < -0.4 is 5.32 Å². The van der Waals surface area contributed by atoms with Crippen molar-refractivity contribution in [1.29, 1.82) is 0 Å². The number of hydrogen-bond acceptors (Lipinski definition) is 7. The van der Waals surface area contributed by atoms with Gasteiger partial charge < -0.3 is 10.1 Å². The van der Waals surface area contributed by atoms with Crippen LogP contribution in [0.3, 0.4) is 0 Å². The maximum absolute atomic E-state index is 10.8. The van der Waals surface area contributed by atoms with Crippen LogP contribution in [0.4, 0.5) is 11.6 Å². The summed E-state index contributed by atoms with van der Waals surface area (Å²) in [5.74, 6) is 0.383. The van der Waals surface area contributed by atoms with Crippen molar-refractivity contribution < 1.29 is 9.66 Å². The van der Waals surface area contributed by atoms with Gasteiger partial charge in [0, 0.05) is 7.05 Å². The summed E-state index contributed by atoms with van der Waals surface area (Å²) < 4.78 is 5.01. The van der Waals surface area contributed by atoms with Crippen molar-refractivity contribution in [3.05, 3.63) is 16.3 Å². The molecule has 1 aliphatic heterocycles. The normalized spacial score (nSPS) is 15.6. The van der Waals surface area contributed by atoms with Crippen molar-refractivity contribution in [3.63, 3.8) is 0 Å². The fraction of sp³-hybridized carbons (Fsp3) is 0.500. The first-order chi connectivity index (χ1) is 7.70. The van der Waals surface area contributed by atoms with Crippen LogP contribution in [0.2, 0.25) is 0 Å². The zero-order valence-corrected chi connectivity index (χ0v) is 9.36. The molecule has 1 aliphatic rings. The zero-order chi connectivity index (χ0) is 11.5. The highest BCUT2D eigenvalue weighted by Gasteiger charge is 2.26. The summed E-state index contributed by atoms with van der Waals surface area (Å²) in [4.78, 5) is 18.2. The average molecular weight is 242 g/mol. The predicted octanol–water partition coefficient (Wildman–Crippen LogP) is 0.917. The predicted molar refractivity (Wildman–Crippen MR) is 58.7 cm³/mol. The molecule has 7 nitrogen and oxygen atoms in total. The van der Waals surface area contributed by atoms with Crippen LogP contribution in [0.5, 0.6) is 0 Å². The molecular weight excluding hydrogens is 232 g/mol.